The predicted octanol–water partition coefficient (Wildman–Crippen LogP) is 3.99. The first-order chi connectivity index (χ1) is 11.6. The maximum Gasteiger partial charge on any atom is 0.276 e. The number of amides is 1. The highest BCUT2D eigenvalue weighted by atomic mass is 32.1. The highest BCUT2D eigenvalue weighted by Gasteiger charge is 2.12. The third-order valence-corrected chi connectivity index (χ3v) is 4.12. The summed E-state index contributed by atoms with van der Waals surface area (Å²) in [7, 11) is 0. The Labute approximate surface area is 144 Å². The van der Waals surface area contributed by atoms with Crippen molar-refractivity contribution in [1.29, 1.82) is 0 Å². The van der Waals surface area contributed by atoms with Gasteiger partial charge in [0.1, 0.15) is 28.9 Å². The van der Waals surface area contributed by atoms with E-state index in [4.69, 9.17) is 4.74 Å². The minimum atomic E-state index is -0.272. The summed E-state index contributed by atoms with van der Waals surface area (Å²) in [6, 6.07) is 13.3. The van der Waals surface area contributed by atoms with Gasteiger partial charge in [-0.15, -0.1) is 11.3 Å². The molecule has 0 atom stereocenters. The third kappa shape index (κ3) is 4.17. The van der Waals surface area contributed by atoms with E-state index in [1.165, 1.54) is 16.9 Å². The topological polar surface area (TPSA) is 64.1 Å². The van der Waals surface area contributed by atoms with Crippen LogP contribution in [0.15, 0.2) is 47.8 Å². The van der Waals surface area contributed by atoms with Crippen molar-refractivity contribution in [3.05, 3.63) is 69.8 Å². The number of ether oxygens (including phenoxy) is 1. The maximum atomic E-state index is 12.2. The van der Waals surface area contributed by atoms with Crippen molar-refractivity contribution in [1.82, 2.24) is 9.97 Å². The van der Waals surface area contributed by atoms with Crippen LogP contribution >= 0.6 is 11.3 Å². The van der Waals surface area contributed by atoms with Crippen molar-refractivity contribution < 1.29 is 9.53 Å². The zero-order valence-corrected chi connectivity index (χ0v) is 14.3. The molecular weight excluding hydrogens is 322 g/mol. The van der Waals surface area contributed by atoms with Crippen LogP contribution in [-0.4, -0.2) is 15.9 Å². The summed E-state index contributed by atoms with van der Waals surface area (Å²) in [6.07, 6.45) is 0. The molecular formula is C18H17N3O2S. The molecule has 5 nitrogen and oxygen atoms in total. The number of rotatable bonds is 5. The van der Waals surface area contributed by atoms with Gasteiger partial charge in [-0.3, -0.25) is 4.79 Å². The number of pyridine rings is 1. The molecule has 122 valence electrons. The van der Waals surface area contributed by atoms with Crippen LogP contribution in [0.4, 0.5) is 5.82 Å². The molecule has 0 saturated heterocycles. The van der Waals surface area contributed by atoms with Crippen LogP contribution < -0.4 is 10.1 Å². The molecule has 1 N–H and O–H groups in total. The molecule has 3 aromatic rings. The number of aromatic nitrogens is 2. The fourth-order valence-corrected chi connectivity index (χ4v) is 2.74. The molecule has 0 fully saturated rings. The number of carbonyl (C=O) groups excluding carboxylic acids is 1. The maximum absolute atomic E-state index is 12.2. The van der Waals surface area contributed by atoms with Gasteiger partial charge in [-0.05, 0) is 38.1 Å². The van der Waals surface area contributed by atoms with Crippen LogP contribution in [0.2, 0.25) is 0 Å². The predicted molar refractivity (Wildman–Crippen MR) is 94.6 cm³/mol. The number of nitrogens with one attached hydrogen (secondary N) is 1. The summed E-state index contributed by atoms with van der Waals surface area (Å²) >= 11 is 1.40. The van der Waals surface area contributed by atoms with Crippen LogP contribution in [0.25, 0.3) is 0 Å². The number of benzene rings is 1. The normalized spacial score (nSPS) is 10.4. The number of thiazole rings is 1. The van der Waals surface area contributed by atoms with Gasteiger partial charge in [-0.2, -0.15) is 0 Å². The van der Waals surface area contributed by atoms with Crippen LogP contribution in [0.5, 0.6) is 5.75 Å². The lowest BCUT2D eigenvalue weighted by Gasteiger charge is -2.04. The highest BCUT2D eigenvalue weighted by molar-refractivity contribution is 7.09. The minimum absolute atomic E-state index is 0.272. The molecule has 0 radical (unpaired) electrons. The van der Waals surface area contributed by atoms with Crippen molar-refractivity contribution in [2.45, 2.75) is 20.5 Å². The molecule has 0 unspecified atom stereocenters. The number of hydrogen-bond donors (Lipinski definition) is 1. The first-order valence-electron chi connectivity index (χ1n) is 7.49. The molecule has 0 spiro atoms. The molecule has 2 aromatic heterocycles. The van der Waals surface area contributed by atoms with Gasteiger partial charge in [0.2, 0.25) is 0 Å². The summed E-state index contributed by atoms with van der Waals surface area (Å²) in [5, 5.41) is 5.21. The summed E-state index contributed by atoms with van der Waals surface area (Å²) in [5.74, 6) is 1.03. The Hall–Kier alpha value is -2.73. The van der Waals surface area contributed by atoms with Crippen LogP contribution in [0, 0.1) is 13.8 Å². The van der Waals surface area contributed by atoms with Crippen LogP contribution in [0.3, 0.4) is 0 Å². The Bertz CT molecular complexity index is 843. The van der Waals surface area contributed by atoms with Gasteiger partial charge >= 0.3 is 0 Å². The molecule has 0 bridgehead atoms. The van der Waals surface area contributed by atoms with E-state index in [1.807, 2.05) is 50.2 Å². The van der Waals surface area contributed by atoms with E-state index in [0.29, 0.717) is 18.1 Å². The quantitative estimate of drug-likeness (QED) is 0.763. The Kier molecular flexibility index (Phi) is 4.86. The lowest BCUT2D eigenvalue weighted by molar-refractivity contribution is 0.102. The Morgan fingerprint density at radius 1 is 1.12 bits per heavy atom. The first-order valence-corrected chi connectivity index (χ1v) is 8.37. The van der Waals surface area contributed by atoms with E-state index in [0.717, 1.165) is 16.5 Å². The number of anilines is 1. The second kappa shape index (κ2) is 7.23. The summed E-state index contributed by atoms with van der Waals surface area (Å²) in [4.78, 5) is 20.8. The molecule has 6 heteroatoms. The molecule has 3 rings (SSSR count). The molecule has 0 aliphatic carbocycles. The van der Waals surface area contributed by atoms with Crippen molar-refractivity contribution in [2.24, 2.45) is 0 Å². The fraction of sp³-hybridized carbons (Fsp3) is 0.167. The lowest BCUT2D eigenvalue weighted by atomic mass is 10.2. The number of nitrogens with zero attached hydrogens (tertiary/aromatic N) is 2. The van der Waals surface area contributed by atoms with Crippen molar-refractivity contribution in [3.8, 4) is 5.75 Å². The van der Waals surface area contributed by atoms with Crippen LogP contribution in [-0.2, 0) is 6.61 Å². The van der Waals surface area contributed by atoms with E-state index in [-0.39, 0.29) is 5.91 Å². The number of carbonyl (C=O) groups is 1. The Morgan fingerprint density at radius 2 is 1.92 bits per heavy atom. The van der Waals surface area contributed by atoms with E-state index in [2.05, 4.69) is 15.3 Å². The Balaban J connectivity index is 1.60. The smallest absolute Gasteiger partial charge is 0.276 e. The van der Waals surface area contributed by atoms with Crippen LogP contribution in [0.1, 0.15) is 26.8 Å². The molecule has 1 aromatic carbocycles. The molecule has 24 heavy (non-hydrogen) atoms. The number of hydrogen-bond acceptors (Lipinski definition) is 5. The first kappa shape index (κ1) is 16.1. The minimum Gasteiger partial charge on any atom is -0.486 e. The zero-order chi connectivity index (χ0) is 16.9. The Morgan fingerprint density at radius 3 is 2.67 bits per heavy atom. The second-order valence-electron chi connectivity index (χ2n) is 5.35. The van der Waals surface area contributed by atoms with Crippen molar-refractivity contribution in [3.63, 3.8) is 0 Å². The summed E-state index contributed by atoms with van der Waals surface area (Å²) in [5.41, 5.74) is 2.39. The van der Waals surface area contributed by atoms with E-state index >= 15 is 0 Å². The van der Waals surface area contributed by atoms with Crippen molar-refractivity contribution in [2.75, 3.05) is 5.32 Å². The second-order valence-corrected chi connectivity index (χ2v) is 6.29. The van der Waals surface area contributed by atoms with Gasteiger partial charge < -0.3 is 10.1 Å². The van der Waals surface area contributed by atoms with Gasteiger partial charge in [-0.25, -0.2) is 9.97 Å². The zero-order valence-electron chi connectivity index (χ0n) is 13.4. The van der Waals surface area contributed by atoms with Gasteiger partial charge in [-0.1, -0.05) is 23.8 Å². The average molecular weight is 339 g/mol. The molecule has 1 amide bonds. The van der Waals surface area contributed by atoms with Gasteiger partial charge in [0, 0.05) is 11.1 Å². The number of aryl methyl sites for hydroxylation is 2. The average Bonchev–Trinajstić information content (AvgIpc) is 3.03. The van der Waals surface area contributed by atoms with Crippen molar-refractivity contribution >= 4 is 23.1 Å². The van der Waals surface area contributed by atoms with Gasteiger partial charge in [0.25, 0.3) is 5.91 Å². The monoisotopic (exact) mass is 339 g/mol. The van der Waals surface area contributed by atoms with Gasteiger partial charge in [0.05, 0.1) is 0 Å². The highest BCUT2D eigenvalue weighted by Crippen LogP contribution is 2.17. The molecule has 0 aliphatic heterocycles. The lowest BCUT2D eigenvalue weighted by Crippen LogP contribution is -2.13. The fourth-order valence-electron chi connectivity index (χ4n) is 2.05. The summed E-state index contributed by atoms with van der Waals surface area (Å²) in [6.45, 7) is 4.24. The van der Waals surface area contributed by atoms with Gasteiger partial charge in [0.15, 0.2) is 0 Å². The molecule has 2 heterocycles. The largest absolute Gasteiger partial charge is 0.486 e. The van der Waals surface area contributed by atoms with E-state index in [9.17, 15) is 4.79 Å². The van der Waals surface area contributed by atoms with E-state index < -0.39 is 0 Å². The van der Waals surface area contributed by atoms with E-state index in [1.54, 1.807) is 11.4 Å². The third-order valence-electron chi connectivity index (χ3n) is 3.30. The standard InChI is InChI=1S/C18H17N3O2S/c1-12-6-8-14(9-7-12)23-10-17-20-15(11-24-17)18(22)21-16-5-3-4-13(2)19-16/h3-9,11H,10H2,1-2H3,(H,19,21,22). The summed E-state index contributed by atoms with van der Waals surface area (Å²) < 4.78 is 5.68. The molecule has 0 aliphatic rings. The SMILES string of the molecule is Cc1ccc(OCc2nc(C(=O)Nc3cccc(C)n3)cs2)cc1. The molecule has 0 saturated carbocycles.